The van der Waals surface area contributed by atoms with Crippen LogP contribution in [0.25, 0.3) is 0 Å². The molecule has 1 aromatic carbocycles. The van der Waals surface area contributed by atoms with Gasteiger partial charge in [-0.05, 0) is 50.3 Å². The highest BCUT2D eigenvalue weighted by Gasteiger charge is 2.39. The van der Waals surface area contributed by atoms with Crippen LogP contribution in [0.15, 0.2) is 18.2 Å². The van der Waals surface area contributed by atoms with Crippen molar-refractivity contribution in [2.24, 2.45) is 0 Å². The molecule has 0 aromatic heterocycles. The van der Waals surface area contributed by atoms with E-state index in [4.69, 9.17) is 9.47 Å². The summed E-state index contributed by atoms with van der Waals surface area (Å²) in [6.07, 6.45) is 5.15. The van der Waals surface area contributed by atoms with E-state index in [1.807, 2.05) is 4.90 Å². The van der Waals surface area contributed by atoms with Gasteiger partial charge in [0.05, 0.1) is 24.1 Å². The Bertz CT molecular complexity index is 867. The number of nitrogens with zero attached hydrogens (tertiary/aromatic N) is 2. The number of hydrogen-bond donors (Lipinski definition) is 1. The first-order valence-corrected chi connectivity index (χ1v) is 11.7. The van der Waals surface area contributed by atoms with Crippen LogP contribution in [0.3, 0.4) is 0 Å². The molecule has 3 amide bonds. The van der Waals surface area contributed by atoms with Crippen LogP contribution in [0, 0.1) is 0 Å². The average Bonchev–Trinajstić information content (AvgIpc) is 2.82. The molecule has 0 aliphatic carbocycles. The van der Waals surface area contributed by atoms with Crippen LogP contribution in [-0.2, 0) is 14.3 Å². The number of benzene rings is 1. The van der Waals surface area contributed by atoms with Crippen LogP contribution in [0.1, 0.15) is 62.2 Å². The maximum atomic E-state index is 13.2. The second-order valence-electron chi connectivity index (χ2n) is 8.93. The maximum absolute atomic E-state index is 13.2. The van der Waals surface area contributed by atoms with Crippen molar-refractivity contribution < 1.29 is 23.9 Å². The lowest BCUT2D eigenvalue weighted by Gasteiger charge is -2.42. The summed E-state index contributed by atoms with van der Waals surface area (Å²) in [5.41, 5.74) is 1.01. The van der Waals surface area contributed by atoms with Gasteiger partial charge in [-0.3, -0.25) is 14.4 Å². The van der Waals surface area contributed by atoms with Crippen molar-refractivity contribution in [3.05, 3.63) is 23.8 Å². The van der Waals surface area contributed by atoms with Crippen molar-refractivity contribution >= 4 is 23.4 Å². The number of ether oxygens (including phenoxy) is 2. The molecule has 32 heavy (non-hydrogen) atoms. The normalized spacial score (nSPS) is 25.7. The van der Waals surface area contributed by atoms with Crippen molar-refractivity contribution in [2.75, 3.05) is 32.1 Å². The van der Waals surface area contributed by atoms with Crippen LogP contribution >= 0.6 is 0 Å². The van der Waals surface area contributed by atoms with Gasteiger partial charge in [0.1, 0.15) is 18.5 Å². The van der Waals surface area contributed by atoms with Gasteiger partial charge in [0, 0.05) is 32.2 Å². The molecule has 8 nitrogen and oxygen atoms in total. The van der Waals surface area contributed by atoms with Crippen molar-refractivity contribution in [2.45, 2.75) is 70.1 Å². The number of fused-ring (bicyclic) bond motifs is 2. The van der Waals surface area contributed by atoms with Crippen LogP contribution in [-0.4, -0.2) is 72.5 Å². The fraction of sp³-hybridized carbons (Fsp3) is 0.625. The Labute approximate surface area is 189 Å². The van der Waals surface area contributed by atoms with Crippen molar-refractivity contribution in [3.63, 3.8) is 0 Å². The number of nitrogens with one attached hydrogen (secondary N) is 1. The van der Waals surface area contributed by atoms with Gasteiger partial charge >= 0.3 is 0 Å². The summed E-state index contributed by atoms with van der Waals surface area (Å²) in [5, 5.41) is 2.79. The third kappa shape index (κ3) is 4.90. The summed E-state index contributed by atoms with van der Waals surface area (Å²) >= 11 is 0. The molecule has 0 radical (unpaired) electrons. The number of amides is 3. The van der Waals surface area contributed by atoms with Crippen LogP contribution in [0.4, 0.5) is 5.69 Å². The molecule has 8 heteroatoms. The minimum absolute atomic E-state index is 0.108. The lowest BCUT2D eigenvalue weighted by Crippen LogP contribution is -2.54. The highest BCUT2D eigenvalue weighted by atomic mass is 16.5. The molecular formula is C24H33N3O5. The van der Waals surface area contributed by atoms with Crippen molar-refractivity contribution in [3.8, 4) is 5.75 Å². The van der Waals surface area contributed by atoms with E-state index in [9.17, 15) is 14.4 Å². The van der Waals surface area contributed by atoms with Gasteiger partial charge in [0.15, 0.2) is 0 Å². The van der Waals surface area contributed by atoms with Crippen LogP contribution in [0.2, 0.25) is 0 Å². The van der Waals surface area contributed by atoms with Crippen molar-refractivity contribution in [1.82, 2.24) is 9.80 Å². The minimum Gasteiger partial charge on any atom is -0.490 e. The van der Waals surface area contributed by atoms with Gasteiger partial charge in [0.2, 0.25) is 11.8 Å². The Morgan fingerprint density at radius 2 is 1.94 bits per heavy atom. The molecule has 0 unspecified atom stereocenters. The third-order valence-corrected chi connectivity index (χ3v) is 6.73. The number of rotatable bonds is 4. The molecule has 4 rings (SSSR count). The molecule has 0 bridgehead atoms. The van der Waals surface area contributed by atoms with E-state index >= 15 is 0 Å². The second kappa shape index (κ2) is 9.90. The predicted octanol–water partition coefficient (Wildman–Crippen LogP) is 2.82. The Kier molecular flexibility index (Phi) is 6.98. The first-order valence-electron chi connectivity index (χ1n) is 11.7. The summed E-state index contributed by atoms with van der Waals surface area (Å²) in [6.45, 7) is 3.77. The van der Waals surface area contributed by atoms with Gasteiger partial charge < -0.3 is 24.6 Å². The number of carbonyl (C=O) groups is 3. The quantitative estimate of drug-likeness (QED) is 0.773. The second-order valence-corrected chi connectivity index (χ2v) is 8.93. The van der Waals surface area contributed by atoms with E-state index in [0.717, 1.165) is 38.8 Å². The van der Waals surface area contributed by atoms with Crippen LogP contribution in [0.5, 0.6) is 5.75 Å². The SMILES string of the molecule is CCC(=O)Nc1ccc2c(c1)C(=O)N(C)[C@H]1CC[C@H](CC(=O)N3CCCCC3)O[C@@H]1CO2. The predicted molar refractivity (Wildman–Crippen MR) is 120 cm³/mol. The van der Waals surface area contributed by atoms with E-state index in [0.29, 0.717) is 36.4 Å². The lowest BCUT2D eigenvalue weighted by molar-refractivity contribution is -0.143. The highest BCUT2D eigenvalue weighted by molar-refractivity contribution is 5.99. The number of likely N-dealkylation sites (N-methyl/N-ethyl adjacent to an activating group) is 1. The molecular weight excluding hydrogens is 410 g/mol. The summed E-state index contributed by atoms with van der Waals surface area (Å²) in [4.78, 5) is 41.3. The first kappa shape index (κ1) is 22.6. The van der Waals surface area contributed by atoms with Gasteiger partial charge in [0.25, 0.3) is 5.91 Å². The monoisotopic (exact) mass is 443 g/mol. The maximum Gasteiger partial charge on any atom is 0.257 e. The van der Waals surface area contributed by atoms with E-state index in [1.165, 1.54) is 6.42 Å². The first-order chi connectivity index (χ1) is 15.5. The molecule has 3 atom stereocenters. The fourth-order valence-corrected chi connectivity index (χ4v) is 4.82. The number of carbonyl (C=O) groups excluding carboxylic acids is 3. The number of piperidine rings is 1. The zero-order chi connectivity index (χ0) is 22.7. The molecule has 174 valence electrons. The number of likely N-dealkylation sites (tertiary alicyclic amines) is 1. The van der Waals surface area contributed by atoms with E-state index < -0.39 is 0 Å². The lowest BCUT2D eigenvalue weighted by atomic mass is 9.94. The highest BCUT2D eigenvalue weighted by Crippen LogP contribution is 2.32. The molecule has 1 aromatic rings. The molecule has 3 aliphatic heterocycles. The minimum atomic E-state index is -0.288. The molecule has 0 saturated carbocycles. The van der Waals surface area contributed by atoms with E-state index in [-0.39, 0.29) is 36.0 Å². The van der Waals surface area contributed by atoms with E-state index in [2.05, 4.69) is 5.32 Å². The fourth-order valence-electron chi connectivity index (χ4n) is 4.82. The standard InChI is InChI=1S/C24H33N3O5/c1-3-22(28)25-16-7-10-20-18(13-16)24(30)26(2)19-9-8-17(32-21(19)15-31-20)14-23(29)27-11-5-4-6-12-27/h7,10,13,17,19,21H,3-6,8-9,11-12,14-15H2,1-2H3,(H,25,28)/t17-,19+,21-/m1/s1. The summed E-state index contributed by atoms with van der Waals surface area (Å²) in [7, 11) is 1.79. The third-order valence-electron chi connectivity index (χ3n) is 6.73. The smallest absolute Gasteiger partial charge is 0.257 e. The summed E-state index contributed by atoms with van der Waals surface area (Å²) < 4.78 is 12.3. The molecule has 3 aliphatic rings. The molecule has 2 fully saturated rings. The number of anilines is 1. The van der Waals surface area contributed by atoms with Gasteiger partial charge in [-0.15, -0.1) is 0 Å². The van der Waals surface area contributed by atoms with E-state index in [1.54, 1.807) is 37.1 Å². The Morgan fingerprint density at radius 3 is 2.69 bits per heavy atom. The zero-order valence-corrected chi connectivity index (χ0v) is 19.0. The Morgan fingerprint density at radius 1 is 1.16 bits per heavy atom. The number of hydrogen-bond acceptors (Lipinski definition) is 5. The molecule has 3 heterocycles. The largest absolute Gasteiger partial charge is 0.490 e. The topological polar surface area (TPSA) is 88.2 Å². The molecule has 0 spiro atoms. The van der Waals surface area contributed by atoms with Gasteiger partial charge in [-0.2, -0.15) is 0 Å². The molecule has 1 N–H and O–H groups in total. The van der Waals surface area contributed by atoms with Gasteiger partial charge in [-0.1, -0.05) is 6.92 Å². The van der Waals surface area contributed by atoms with Crippen molar-refractivity contribution in [1.29, 1.82) is 0 Å². The van der Waals surface area contributed by atoms with Crippen LogP contribution < -0.4 is 10.1 Å². The molecule has 2 saturated heterocycles. The Hall–Kier alpha value is -2.61. The van der Waals surface area contributed by atoms with Gasteiger partial charge in [-0.25, -0.2) is 0 Å². The average molecular weight is 444 g/mol. The zero-order valence-electron chi connectivity index (χ0n) is 19.0. The summed E-state index contributed by atoms with van der Waals surface area (Å²) in [6, 6.07) is 5.00. The summed E-state index contributed by atoms with van der Waals surface area (Å²) in [5.74, 6) is 0.374. The Balaban J connectivity index is 1.44.